The average molecular weight is 317 g/mol. The van der Waals surface area contributed by atoms with E-state index in [0.29, 0.717) is 0 Å². The fourth-order valence-corrected chi connectivity index (χ4v) is 2.84. The number of ether oxygens (including phenoxy) is 1. The summed E-state index contributed by atoms with van der Waals surface area (Å²) in [6, 6.07) is 0. The highest BCUT2D eigenvalue weighted by molar-refractivity contribution is 4.85. The van der Waals surface area contributed by atoms with Crippen molar-refractivity contribution in [1.82, 2.24) is 5.32 Å². The van der Waals surface area contributed by atoms with Gasteiger partial charge >= 0.3 is 0 Å². The van der Waals surface area contributed by atoms with Crippen LogP contribution in [0.15, 0.2) is 0 Å². The molecule has 0 bridgehead atoms. The van der Waals surface area contributed by atoms with Gasteiger partial charge in [-0.05, 0) is 13.0 Å². The predicted molar refractivity (Wildman–Crippen MR) is 87.6 cm³/mol. The summed E-state index contributed by atoms with van der Waals surface area (Å²) in [6.07, 6.45) is 9.15. The number of aliphatic hydroxyl groups is 3. The first kappa shape index (κ1) is 19.8. The molecule has 0 radical (unpaired) electrons. The van der Waals surface area contributed by atoms with Crippen molar-refractivity contribution in [2.24, 2.45) is 0 Å². The summed E-state index contributed by atoms with van der Waals surface area (Å²) in [6.45, 7) is 3.07. The van der Waals surface area contributed by atoms with E-state index < -0.39 is 24.5 Å². The van der Waals surface area contributed by atoms with Gasteiger partial charge in [0.25, 0.3) is 0 Å². The molecule has 1 heterocycles. The first-order chi connectivity index (χ1) is 10.7. The Balaban J connectivity index is 1.89. The summed E-state index contributed by atoms with van der Waals surface area (Å²) < 4.78 is 5.29. The van der Waals surface area contributed by atoms with Gasteiger partial charge in [-0.1, -0.05) is 64.7 Å². The monoisotopic (exact) mass is 317 g/mol. The molecule has 4 atom stereocenters. The normalized spacial score (nSPS) is 28.9. The molecule has 0 spiro atoms. The maximum atomic E-state index is 9.77. The van der Waals surface area contributed by atoms with Crippen molar-refractivity contribution in [3.63, 3.8) is 0 Å². The van der Waals surface area contributed by atoms with Crippen LogP contribution in [0.5, 0.6) is 0 Å². The van der Waals surface area contributed by atoms with E-state index in [2.05, 4.69) is 12.2 Å². The Morgan fingerprint density at radius 1 is 0.818 bits per heavy atom. The molecule has 1 saturated heterocycles. The van der Waals surface area contributed by atoms with Crippen LogP contribution in [0.4, 0.5) is 0 Å². The van der Waals surface area contributed by atoms with Crippen molar-refractivity contribution in [2.75, 3.05) is 13.2 Å². The topological polar surface area (TPSA) is 82.0 Å². The molecule has 1 rings (SSSR count). The molecule has 4 N–H and O–H groups in total. The summed E-state index contributed by atoms with van der Waals surface area (Å²) in [7, 11) is 0. The Morgan fingerprint density at radius 3 is 1.95 bits per heavy atom. The van der Waals surface area contributed by atoms with Crippen molar-refractivity contribution < 1.29 is 20.1 Å². The molecular formula is C17H35NO4. The van der Waals surface area contributed by atoms with Crippen molar-refractivity contribution in [2.45, 2.75) is 95.7 Å². The Kier molecular flexibility index (Phi) is 11.1. The fraction of sp³-hybridized carbons (Fsp3) is 1.00. The lowest BCUT2D eigenvalue weighted by atomic mass is 10.0. The van der Waals surface area contributed by atoms with Gasteiger partial charge in [-0.2, -0.15) is 0 Å². The van der Waals surface area contributed by atoms with Crippen molar-refractivity contribution in [3.8, 4) is 0 Å². The van der Waals surface area contributed by atoms with Gasteiger partial charge in [0.2, 0.25) is 0 Å². The average Bonchev–Trinajstić information content (AvgIpc) is 2.52. The van der Waals surface area contributed by atoms with Crippen LogP contribution in [0.2, 0.25) is 0 Å². The zero-order valence-corrected chi connectivity index (χ0v) is 14.0. The highest BCUT2D eigenvalue weighted by atomic mass is 16.5. The summed E-state index contributed by atoms with van der Waals surface area (Å²) in [5, 5.41) is 31.8. The molecule has 0 aliphatic carbocycles. The minimum absolute atomic E-state index is 0.0634. The van der Waals surface area contributed by atoms with Gasteiger partial charge < -0.3 is 20.1 Å². The molecule has 0 amide bonds. The predicted octanol–water partition coefficient (Wildman–Crippen LogP) is 1.94. The molecule has 1 fully saturated rings. The van der Waals surface area contributed by atoms with Gasteiger partial charge in [0.1, 0.15) is 24.5 Å². The van der Waals surface area contributed by atoms with Crippen LogP contribution >= 0.6 is 0 Å². The molecule has 1 aliphatic rings. The van der Waals surface area contributed by atoms with Crippen LogP contribution in [0, 0.1) is 0 Å². The van der Waals surface area contributed by atoms with E-state index in [-0.39, 0.29) is 6.61 Å². The maximum Gasteiger partial charge on any atom is 0.137 e. The third kappa shape index (κ3) is 7.88. The largest absolute Gasteiger partial charge is 0.388 e. The van der Waals surface area contributed by atoms with E-state index in [4.69, 9.17) is 4.74 Å². The van der Waals surface area contributed by atoms with Gasteiger partial charge in [0, 0.05) is 0 Å². The minimum atomic E-state index is -1.13. The number of rotatable bonds is 12. The first-order valence-electron chi connectivity index (χ1n) is 9.06. The van der Waals surface area contributed by atoms with Gasteiger partial charge in [-0.15, -0.1) is 0 Å². The lowest BCUT2D eigenvalue weighted by molar-refractivity contribution is -0.195. The number of hydrogen-bond donors (Lipinski definition) is 4. The number of hydrogen-bond acceptors (Lipinski definition) is 5. The zero-order valence-electron chi connectivity index (χ0n) is 14.0. The quantitative estimate of drug-likeness (QED) is 0.414. The van der Waals surface area contributed by atoms with Crippen LogP contribution in [-0.2, 0) is 4.74 Å². The second-order valence-electron chi connectivity index (χ2n) is 6.44. The van der Waals surface area contributed by atoms with E-state index >= 15 is 0 Å². The molecule has 1 aliphatic heterocycles. The van der Waals surface area contributed by atoms with Crippen molar-refractivity contribution in [3.05, 3.63) is 0 Å². The molecular weight excluding hydrogens is 282 g/mol. The smallest absolute Gasteiger partial charge is 0.137 e. The summed E-state index contributed by atoms with van der Waals surface area (Å²) in [5.74, 6) is 0. The lowest BCUT2D eigenvalue weighted by Crippen LogP contribution is -2.57. The Bertz CT molecular complexity index is 265. The zero-order chi connectivity index (χ0) is 16.2. The fourth-order valence-electron chi connectivity index (χ4n) is 2.84. The van der Waals surface area contributed by atoms with Crippen molar-refractivity contribution in [1.29, 1.82) is 0 Å². The maximum absolute atomic E-state index is 9.77. The molecule has 132 valence electrons. The third-order valence-corrected chi connectivity index (χ3v) is 4.38. The van der Waals surface area contributed by atoms with E-state index in [9.17, 15) is 15.3 Å². The van der Waals surface area contributed by atoms with Gasteiger partial charge in [0.15, 0.2) is 0 Å². The Labute approximate surface area is 135 Å². The Morgan fingerprint density at radius 2 is 1.36 bits per heavy atom. The van der Waals surface area contributed by atoms with Crippen LogP contribution in [0.3, 0.4) is 0 Å². The van der Waals surface area contributed by atoms with E-state index in [1.165, 1.54) is 57.8 Å². The van der Waals surface area contributed by atoms with E-state index in [1.54, 1.807) is 0 Å². The highest BCUT2D eigenvalue weighted by Crippen LogP contribution is 2.14. The SMILES string of the molecule is CCCCCCCCCCCCN[C@@H]1OC[C@@H](O)[C@@H](O)[C@H]1O. The van der Waals surface area contributed by atoms with Gasteiger partial charge in [-0.3, -0.25) is 5.32 Å². The second-order valence-corrected chi connectivity index (χ2v) is 6.44. The summed E-state index contributed by atoms with van der Waals surface area (Å²) in [4.78, 5) is 0. The van der Waals surface area contributed by atoms with Crippen LogP contribution in [-0.4, -0.2) is 53.0 Å². The van der Waals surface area contributed by atoms with Crippen LogP contribution in [0.1, 0.15) is 71.1 Å². The van der Waals surface area contributed by atoms with Crippen LogP contribution in [0.25, 0.3) is 0 Å². The molecule has 0 unspecified atom stereocenters. The Hall–Kier alpha value is -0.200. The molecule has 5 nitrogen and oxygen atoms in total. The molecule has 0 aromatic heterocycles. The van der Waals surface area contributed by atoms with Crippen LogP contribution < -0.4 is 5.32 Å². The molecule has 0 aromatic rings. The second kappa shape index (κ2) is 12.3. The molecule has 0 aromatic carbocycles. The standard InChI is InChI=1S/C17H35NO4/c1-2-3-4-5-6-7-8-9-10-11-12-18-17-16(21)15(20)14(19)13-22-17/h14-21H,2-13H2,1H3/t14-,15-,16-,17-/m1/s1. The highest BCUT2D eigenvalue weighted by Gasteiger charge is 2.36. The van der Waals surface area contributed by atoms with Gasteiger partial charge in [-0.25, -0.2) is 0 Å². The minimum Gasteiger partial charge on any atom is -0.388 e. The molecule has 5 heteroatoms. The first-order valence-corrected chi connectivity index (χ1v) is 9.06. The third-order valence-electron chi connectivity index (χ3n) is 4.38. The number of nitrogens with one attached hydrogen (secondary N) is 1. The number of aliphatic hydroxyl groups excluding tert-OH is 3. The lowest BCUT2D eigenvalue weighted by Gasteiger charge is -2.35. The van der Waals surface area contributed by atoms with E-state index in [1.807, 2.05) is 0 Å². The number of unbranched alkanes of at least 4 members (excludes halogenated alkanes) is 9. The van der Waals surface area contributed by atoms with Gasteiger partial charge in [0.05, 0.1) is 6.61 Å². The van der Waals surface area contributed by atoms with E-state index in [0.717, 1.165) is 13.0 Å². The summed E-state index contributed by atoms with van der Waals surface area (Å²) >= 11 is 0. The summed E-state index contributed by atoms with van der Waals surface area (Å²) in [5.41, 5.74) is 0. The molecule has 0 saturated carbocycles. The van der Waals surface area contributed by atoms with Crippen molar-refractivity contribution >= 4 is 0 Å². The molecule has 22 heavy (non-hydrogen) atoms.